The largest absolute Gasteiger partial charge is 0.352 e. The van der Waals surface area contributed by atoms with Crippen molar-refractivity contribution in [2.45, 2.75) is 20.3 Å². The van der Waals surface area contributed by atoms with Crippen molar-refractivity contribution in [2.24, 2.45) is 0 Å². The molecule has 0 radical (unpaired) electrons. The summed E-state index contributed by atoms with van der Waals surface area (Å²) in [5.74, 6) is 1.72. The van der Waals surface area contributed by atoms with E-state index in [1.807, 2.05) is 77.2 Å². The molecule has 1 saturated heterocycles. The highest BCUT2D eigenvalue weighted by Gasteiger charge is 2.27. The molecule has 0 spiro atoms. The lowest BCUT2D eigenvalue weighted by Crippen LogP contribution is -2.49. The van der Waals surface area contributed by atoms with Gasteiger partial charge in [-0.05, 0) is 48.4 Å². The highest BCUT2D eigenvalue weighted by molar-refractivity contribution is 6.07. The lowest BCUT2D eigenvalue weighted by Gasteiger charge is -2.36. The van der Waals surface area contributed by atoms with E-state index in [0.717, 1.165) is 50.4 Å². The van der Waals surface area contributed by atoms with Crippen molar-refractivity contribution in [1.29, 1.82) is 0 Å². The number of aryl methyl sites for hydroxylation is 2. The lowest BCUT2D eigenvalue weighted by atomic mass is 10.0. The van der Waals surface area contributed by atoms with Crippen LogP contribution in [0, 0.1) is 13.8 Å². The third-order valence-corrected chi connectivity index (χ3v) is 8.10. The van der Waals surface area contributed by atoms with Gasteiger partial charge in [-0.3, -0.25) is 4.79 Å². The normalized spacial score (nSPS) is 13.7. The summed E-state index contributed by atoms with van der Waals surface area (Å²) < 4.78 is 1.93. The second-order valence-electron chi connectivity index (χ2n) is 11.0. The molecule has 1 fully saturated rings. The van der Waals surface area contributed by atoms with Crippen LogP contribution in [0.5, 0.6) is 0 Å². The van der Waals surface area contributed by atoms with E-state index in [-0.39, 0.29) is 5.91 Å². The molecular formula is C35H32N6O. The molecule has 7 rings (SSSR count). The second-order valence-corrected chi connectivity index (χ2v) is 11.0. The number of amides is 1. The lowest BCUT2D eigenvalue weighted by molar-refractivity contribution is 0.0748. The molecule has 42 heavy (non-hydrogen) atoms. The fourth-order valence-corrected chi connectivity index (χ4v) is 5.85. The van der Waals surface area contributed by atoms with Gasteiger partial charge in [0.2, 0.25) is 0 Å². The minimum absolute atomic E-state index is 0.0763. The van der Waals surface area contributed by atoms with Gasteiger partial charge in [0, 0.05) is 38.2 Å². The van der Waals surface area contributed by atoms with Crippen LogP contribution in [0.25, 0.3) is 27.5 Å². The molecule has 7 heteroatoms. The average Bonchev–Trinajstić information content (AvgIpc) is 3.37. The van der Waals surface area contributed by atoms with Crippen molar-refractivity contribution in [1.82, 2.24) is 24.6 Å². The van der Waals surface area contributed by atoms with E-state index in [2.05, 4.69) is 48.2 Å². The number of piperazine rings is 1. The number of anilines is 1. The number of benzene rings is 4. The summed E-state index contributed by atoms with van der Waals surface area (Å²) in [5, 5.41) is 7.94. The van der Waals surface area contributed by atoms with E-state index in [1.54, 1.807) is 0 Å². The SMILES string of the molecule is Cc1ccc(Cc2nc(N3CCN(C(=O)c4cccc5ccccc45)CC3)c3c(C)nn(-c4ccccc4)c3n2)cc1. The molecule has 0 bridgehead atoms. The van der Waals surface area contributed by atoms with Crippen molar-refractivity contribution in [2.75, 3.05) is 31.1 Å². The Morgan fingerprint density at radius 1 is 0.762 bits per heavy atom. The van der Waals surface area contributed by atoms with Crippen molar-refractivity contribution >= 4 is 33.5 Å². The van der Waals surface area contributed by atoms with Crippen LogP contribution in [0.2, 0.25) is 0 Å². The minimum Gasteiger partial charge on any atom is -0.352 e. The van der Waals surface area contributed by atoms with Gasteiger partial charge < -0.3 is 9.80 Å². The first-order chi connectivity index (χ1) is 20.5. The monoisotopic (exact) mass is 552 g/mol. The van der Waals surface area contributed by atoms with Crippen LogP contribution < -0.4 is 4.90 Å². The molecule has 1 aliphatic heterocycles. The molecule has 2 aromatic heterocycles. The van der Waals surface area contributed by atoms with Gasteiger partial charge in [0.15, 0.2) is 5.65 Å². The third kappa shape index (κ3) is 4.77. The maximum absolute atomic E-state index is 13.6. The molecular weight excluding hydrogens is 520 g/mol. The Bertz CT molecular complexity index is 1900. The highest BCUT2D eigenvalue weighted by atomic mass is 16.2. The van der Waals surface area contributed by atoms with Crippen LogP contribution in [0.4, 0.5) is 5.82 Å². The zero-order valence-electron chi connectivity index (χ0n) is 23.9. The van der Waals surface area contributed by atoms with Crippen molar-refractivity contribution in [3.63, 3.8) is 0 Å². The maximum Gasteiger partial charge on any atom is 0.254 e. The van der Waals surface area contributed by atoms with Crippen molar-refractivity contribution in [3.05, 3.63) is 125 Å². The maximum atomic E-state index is 13.6. The number of hydrogen-bond donors (Lipinski definition) is 0. The zero-order chi connectivity index (χ0) is 28.6. The first kappa shape index (κ1) is 25.9. The van der Waals surface area contributed by atoms with E-state index >= 15 is 0 Å². The molecule has 0 saturated carbocycles. The Morgan fingerprint density at radius 2 is 1.48 bits per heavy atom. The molecule has 0 atom stereocenters. The number of carbonyl (C=O) groups is 1. The van der Waals surface area contributed by atoms with Crippen LogP contribution in [-0.4, -0.2) is 56.7 Å². The van der Waals surface area contributed by atoms with Crippen LogP contribution in [-0.2, 0) is 6.42 Å². The van der Waals surface area contributed by atoms with Crippen molar-refractivity contribution in [3.8, 4) is 5.69 Å². The molecule has 1 amide bonds. The Labute approximate surface area is 245 Å². The Hall–Kier alpha value is -5.04. The Kier molecular flexibility index (Phi) is 6.62. The first-order valence-electron chi connectivity index (χ1n) is 14.4. The van der Waals surface area contributed by atoms with Gasteiger partial charge in [-0.25, -0.2) is 14.6 Å². The summed E-state index contributed by atoms with van der Waals surface area (Å²) in [6.07, 6.45) is 0.627. The third-order valence-electron chi connectivity index (χ3n) is 8.10. The van der Waals surface area contributed by atoms with Gasteiger partial charge in [0.25, 0.3) is 5.91 Å². The van der Waals surface area contributed by atoms with E-state index < -0.39 is 0 Å². The summed E-state index contributed by atoms with van der Waals surface area (Å²) in [6, 6.07) is 32.7. The smallest absolute Gasteiger partial charge is 0.254 e. The number of rotatable bonds is 5. The predicted octanol–water partition coefficient (Wildman–Crippen LogP) is 6.14. The van der Waals surface area contributed by atoms with E-state index in [0.29, 0.717) is 32.6 Å². The van der Waals surface area contributed by atoms with Gasteiger partial charge >= 0.3 is 0 Å². The molecule has 3 heterocycles. The van der Waals surface area contributed by atoms with Gasteiger partial charge in [0.1, 0.15) is 11.6 Å². The fraction of sp³-hybridized carbons (Fsp3) is 0.200. The summed E-state index contributed by atoms with van der Waals surface area (Å²) in [4.78, 5) is 28.1. The predicted molar refractivity (Wildman–Crippen MR) is 167 cm³/mol. The standard InChI is InChI=1S/C35H32N6O/c1-24-15-17-26(18-16-24)23-31-36-33(32-25(2)38-41(34(32)37-31)28-11-4-3-5-12-28)39-19-21-40(22-20-39)35(42)30-14-8-10-27-9-6-7-13-29(27)30/h3-18H,19-23H2,1-2H3. The fourth-order valence-electron chi connectivity index (χ4n) is 5.85. The zero-order valence-corrected chi connectivity index (χ0v) is 23.9. The van der Waals surface area contributed by atoms with E-state index in [1.165, 1.54) is 11.1 Å². The van der Waals surface area contributed by atoms with E-state index in [4.69, 9.17) is 15.1 Å². The van der Waals surface area contributed by atoms with Crippen LogP contribution >= 0.6 is 0 Å². The van der Waals surface area contributed by atoms with Gasteiger partial charge in [-0.15, -0.1) is 0 Å². The second kappa shape index (κ2) is 10.7. The minimum atomic E-state index is 0.0763. The van der Waals surface area contributed by atoms with Crippen LogP contribution in [0.3, 0.4) is 0 Å². The van der Waals surface area contributed by atoms with Crippen molar-refractivity contribution < 1.29 is 4.79 Å². The Balaban J connectivity index is 1.23. The first-order valence-corrected chi connectivity index (χ1v) is 14.4. The topological polar surface area (TPSA) is 67.2 Å². The number of para-hydroxylation sites is 1. The molecule has 4 aromatic carbocycles. The van der Waals surface area contributed by atoms with Gasteiger partial charge in [-0.2, -0.15) is 5.10 Å². The summed E-state index contributed by atoms with van der Waals surface area (Å²) in [7, 11) is 0. The number of hydrogen-bond acceptors (Lipinski definition) is 5. The Morgan fingerprint density at radius 3 is 2.26 bits per heavy atom. The molecule has 7 nitrogen and oxygen atoms in total. The summed E-state index contributed by atoms with van der Waals surface area (Å²) in [6.45, 7) is 6.72. The van der Waals surface area contributed by atoms with Gasteiger partial charge in [0.05, 0.1) is 16.8 Å². The number of aromatic nitrogens is 4. The molecule has 6 aromatic rings. The van der Waals surface area contributed by atoms with E-state index in [9.17, 15) is 4.79 Å². The molecule has 0 unspecified atom stereocenters. The average molecular weight is 553 g/mol. The van der Waals surface area contributed by atoms with Crippen LogP contribution in [0.15, 0.2) is 97.1 Å². The van der Waals surface area contributed by atoms with Gasteiger partial charge in [-0.1, -0.05) is 84.4 Å². The highest BCUT2D eigenvalue weighted by Crippen LogP contribution is 2.31. The number of nitrogens with zero attached hydrogens (tertiary/aromatic N) is 6. The summed E-state index contributed by atoms with van der Waals surface area (Å²) >= 11 is 0. The quantitative estimate of drug-likeness (QED) is 0.257. The molecule has 0 aliphatic carbocycles. The molecule has 0 N–H and O–H groups in total. The number of fused-ring (bicyclic) bond motifs is 2. The van der Waals surface area contributed by atoms with Crippen LogP contribution in [0.1, 0.15) is 33.0 Å². The summed E-state index contributed by atoms with van der Waals surface area (Å²) in [5.41, 5.74) is 5.81. The molecule has 1 aliphatic rings. The number of carbonyl (C=O) groups excluding carboxylic acids is 1. The molecule has 208 valence electrons.